The molecular formula is C18H26N7O14P3. The van der Waals surface area contributed by atoms with E-state index in [9.17, 15) is 44.1 Å². The van der Waals surface area contributed by atoms with E-state index in [1.54, 1.807) is 23.1 Å². The number of phosphoric acid groups is 1. The highest BCUT2D eigenvalue weighted by Gasteiger charge is 2.46. The number of nitro benzene ring substituents is 1. The maximum atomic E-state index is 12.1. The highest BCUT2D eigenvalue weighted by Crippen LogP contribution is 2.63. The van der Waals surface area contributed by atoms with Crippen LogP contribution in [0, 0.1) is 15.5 Å². The van der Waals surface area contributed by atoms with Gasteiger partial charge in [-0.05, 0) is 6.42 Å². The van der Waals surface area contributed by atoms with Crippen molar-refractivity contribution in [2.75, 3.05) is 25.1 Å². The van der Waals surface area contributed by atoms with Crippen LogP contribution in [0.2, 0.25) is 0 Å². The van der Waals surface area contributed by atoms with Gasteiger partial charge in [0.15, 0.2) is 12.1 Å². The van der Waals surface area contributed by atoms with E-state index in [2.05, 4.69) is 23.7 Å². The third-order valence-corrected chi connectivity index (χ3v) is 10.1. The van der Waals surface area contributed by atoms with Gasteiger partial charge in [-0.3, -0.25) is 24.6 Å². The number of aliphatic hydroxyl groups excluding tert-OH is 2. The highest BCUT2D eigenvalue weighted by atomic mass is 31.3. The molecule has 5 atom stereocenters. The van der Waals surface area contributed by atoms with Crippen molar-refractivity contribution in [3.05, 3.63) is 52.0 Å². The van der Waals surface area contributed by atoms with Gasteiger partial charge >= 0.3 is 23.3 Å². The first-order chi connectivity index (χ1) is 19.5. The summed E-state index contributed by atoms with van der Waals surface area (Å²) in [5.74, 6) is 0.196. The lowest BCUT2D eigenvalue weighted by Crippen LogP contribution is -2.42. The number of para-hydroxylation sites is 1. The van der Waals surface area contributed by atoms with Gasteiger partial charge in [-0.15, -0.1) is 4.52 Å². The molecule has 4 rings (SSSR count). The minimum atomic E-state index is -5.50. The second kappa shape index (κ2) is 12.2. The summed E-state index contributed by atoms with van der Waals surface area (Å²) < 4.78 is 40.4. The first-order valence-electron chi connectivity index (χ1n) is 11.7. The number of imidazole rings is 1. The molecule has 232 valence electrons. The minimum Gasteiger partial charge on any atom is -0.387 e. The summed E-state index contributed by atoms with van der Waals surface area (Å²) in [4.78, 5) is 62.4. The first-order valence-corrected chi connectivity index (χ1v) is 16.3. The van der Waals surface area contributed by atoms with Gasteiger partial charge in [0, 0.05) is 18.2 Å². The predicted molar refractivity (Wildman–Crippen MR) is 140 cm³/mol. The summed E-state index contributed by atoms with van der Waals surface area (Å²) in [6.07, 6.45) is -4.68. The highest BCUT2D eigenvalue weighted by molar-refractivity contribution is 7.67. The monoisotopic (exact) mass is 657 g/mol. The van der Waals surface area contributed by atoms with Gasteiger partial charge in [0.2, 0.25) is 0 Å². The fraction of sp³-hybridized carbons (Fsp3) is 0.444. The lowest BCUT2D eigenvalue weighted by atomic mass is 10.1. The Bertz CT molecular complexity index is 1510. The Labute approximate surface area is 235 Å². The van der Waals surface area contributed by atoms with Crippen molar-refractivity contribution in [1.82, 2.24) is 14.5 Å². The van der Waals surface area contributed by atoms with Crippen molar-refractivity contribution >= 4 is 40.6 Å². The topological polar surface area (TPSA) is 316 Å². The predicted octanol–water partition coefficient (Wildman–Crippen LogP) is -0.179. The van der Waals surface area contributed by atoms with Gasteiger partial charge in [0.05, 0.1) is 24.5 Å². The Morgan fingerprint density at radius 1 is 1.19 bits per heavy atom. The molecule has 0 amide bonds. The van der Waals surface area contributed by atoms with E-state index < -0.39 is 59.4 Å². The number of ether oxygens (including phenoxy) is 1. The van der Waals surface area contributed by atoms with Crippen molar-refractivity contribution in [2.45, 2.75) is 31.0 Å². The molecule has 0 radical (unpaired) electrons. The Morgan fingerprint density at radius 3 is 2.55 bits per heavy atom. The van der Waals surface area contributed by atoms with E-state index in [1.807, 2.05) is 0 Å². The van der Waals surface area contributed by atoms with Crippen LogP contribution in [0.3, 0.4) is 0 Å². The van der Waals surface area contributed by atoms with Crippen LogP contribution < -0.4 is 5.32 Å². The largest absolute Gasteiger partial charge is 0.477 e. The molecule has 24 heteroatoms. The quantitative estimate of drug-likeness (QED) is 0.0859. The maximum absolute atomic E-state index is 12.1. The Balaban J connectivity index is 1.42. The number of anilines is 1. The standard InChI is InChI=1S/C18H26N7O14P3/c19-16-13-17(21-8-23(16)6-5-10-3-1-2-4-11(10)25(28)29)24(9-20-13)18-15(27)14(26)12(38-18)7-37-40(30,31)22-41(32,33)39-42(34,35)36/h1-4,9,12,14-15,18-19,21,26-27,32-33H,5-8H2,(H,30,31)(H2,34,35,36)/t12-,14-,15-,18-/m1/s1. The number of hydrogen-bond donors (Lipinski definition) is 9. The zero-order chi connectivity index (χ0) is 31.0. The van der Waals surface area contributed by atoms with E-state index in [-0.39, 0.29) is 42.7 Å². The van der Waals surface area contributed by atoms with Gasteiger partial charge in [-0.25, -0.2) is 18.4 Å². The van der Waals surface area contributed by atoms with Gasteiger partial charge in [0.25, 0.3) is 5.69 Å². The number of fused-ring (bicyclic) bond motifs is 1. The number of nitro groups is 1. The van der Waals surface area contributed by atoms with E-state index in [4.69, 9.17) is 19.9 Å². The van der Waals surface area contributed by atoms with E-state index in [0.717, 1.165) is 0 Å². The van der Waals surface area contributed by atoms with Crippen LogP contribution >= 0.6 is 23.3 Å². The summed E-state index contributed by atoms with van der Waals surface area (Å²) in [6, 6.07) is 6.23. The first kappa shape index (κ1) is 32.3. The number of hydrogen-bond acceptors (Lipinski definition) is 12. The van der Waals surface area contributed by atoms with Crippen LogP contribution in [-0.2, 0) is 29.1 Å². The van der Waals surface area contributed by atoms with Crippen molar-refractivity contribution in [3.8, 4) is 0 Å². The molecule has 0 spiro atoms. The van der Waals surface area contributed by atoms with Crippen molar-refractivity contribution in [2.24, 2.45) is 4.52 Å². The molecule has 1 aromatic heterocycles. The summed E-state index contributed by atoms with van der Waals surface area (Å²) >= 11 is 0. The summed E-state index contributed by atoms with van der Waals surface area (Å²) in [7, 11) is -16.2. The fourth-order valence-electron chi connectivity index (χ4n) is 4.25. The lowest BCUT2D eigenvalue weighted by Gasteiger charge is -2.31. The van der Waals surface area contributed by atoms with Gasteiger partial charge in [0.1, 0.15) is 29.8 Å². The van der Waals surface area contributed by atoms with E-state index in [0.29, 0.717) is 5.56 Å². The number of aliphatic hydroxyl groups is 2. The molecule has 0 saturated carbocycles. The van der Waals surface area contributed by atoms with Crippen LogP contribution in [0.4, 0.5) is 11.5 Å². The van der Waals surface area contributed by atoms with Crippen LogP contribution in [0.25, 0.3) is 0 Å². The Morgan fingerprint density at radius 2 is 1.88 bits per heavy atom. The zero-order valence-corrected chi connectivity index (χ0v) is 23.8. The van der Waals surface area contributed by atoms with Crippen LogP contribution in [0.5, 0.6) is 0 Å². The average Bonchev–Trinajstić information content (AvgIpc) is 3.41. The molecule has 42 heavy (non-hydrogen) atoms. The molecule has 1 fully saturated rings. The number of amidine groups is 1. The van der Waals surface area contributed by atoms with Gasteiger partial charge in [-0.1, -0.05) is 18.2 Å². The Hall–Kier alpha value is -2.61. The third kappa shape index (κ3) is 7.47. The normalized spacial score (nSPS) is 24.2. The molecule has 21 nitrogen and oxygen atoms in total. The van der Waals surface area contributed by atoms with Gasteiger partial charge in [-0.2, -0.15) is 0 Å². The van der Waals surface area contributed by atoms with Crippen LogP contribution in [0.1, 0.15) is 17.5 Å². The molecule has 9 N–H and O–H groups in total. The number of rotatable bonds is 11. The summed E-state index contributed by atoms with van der Waals surface area (Å²) in [5, 5.41) is 43.8. The van der Waals surface area contributed by atoms with Crippen molar-refractivity contribution < 1.29 is 62.3 Å². The third-order valence-electron chi connectivity index (χ3n) is 6.07. The number of nitrogens with one attached hydrogen (secondary N) is 2. The molecule has 1 saturated heterocycles. The second-order valence-electron chi connectivity index (χ2n) is 8.94. The molecule has 3 heterocycles. The smallest absolute Gasteiger partial charge is 0.387 e. The second-order valence-corrected chi connectivity index (χ2v) is 13.6. The molecule has 1 aromatic carbocycles. The number of benzene rings is 1. The number of aromatic nitrogens is 2. The molecule has 2 aliphatic rings. The van der Waals surface area contributed by atoms with E-state index >= 15 is 0 Å². The molecule has 2 aromatic rings. The number of nitrogens with zero attached hydrogens (tertiary/aromatic N) is 5. The van der Waals surface area contributed by atoms with Crippen LogP contribution in [-0.4, -0.2) is 98.0 Å². The summed E-state index contributed by atoms with van der Waals surface area (Å²) in [6.45, 7) is -0.628. The Kier molecular flexibility index (Phi) is 9.37. The zero-order valence-electron chi connectivity index (χ0n) is 21.1. The van der Waals surface area contributed by atoms with Gasteiger partial charge < -0.3 is 49.6 Å². The minimum absolute atomic E-state index is 0.0332. The average molecular weight is 657 g/mol. The molecular weight excluding hydrogens is 631 g/mol. The van der Waals surface area contributed by atoms with Crippen molar-refractivity contribution in [3.63, 3.8) is 0 Å². The molecule has 2 aliphatic heterocycles. The fourth-order valence-corrected chi connectivity index (χ4v) is 7.54. The van der Waals surface area contributed by atoms with Crippen molar-refractivity contribution in [1.29, 1.82) is 5.41 Å². The lowest BCUT2D eigenvalue weighted by molar-refractivity contribution is -0.385. The molecule has 0 bridgehead atoms. The van der Waals surface area contributed by atoms with Crippen LogP contribution in [0.15, 0.2) is 35.1 Å². The SMILES string of the molecule is N=C1c2ncn([C@@H]3O[C@H](COP(=O)(O)N=P(O)(O)OP(=O)(O)O)[C@@H](O)[C@H]3O)c2NCN1CCc1ccccc1[N+](=O)[O-]. The molecule has 1 unspecified atom stereocenters. The maximum Gasteiger partial charge on any atom is 0.477 e. The molecule has 0 aliphatic carbocycles. The summed E-state index contributed by atoms with van der Waals surface area (Å²) in [5.41, 5.74) is 0.581. The van der Waals surface area contributed by atoms with E-state index in [1.165, 1.54) is 17.0 Å².